The number of nitrogens with one attached hydrogen (secondary N) is 1. The maximum absolute atomic E-state index is 13.5. The lowest BCUT2D eigenvalue weighted by atomic mass is 10.1. The standard InChI is InChI=1S/C22H21ClN2O7/c1-4-18(27)24-19-15-7-6-14(23)9-16(15)25(22(29)30-5-2)20(19)21(28)17-8-13(11-32-17)10-31-12(3)26/h6-9,11H,4-5,10H2,1-3H3,(H,24,27). The van der Waals surface area contributed by atoms with Crippen molar-refractivity contribution in [1.29, 1.82) is 0 Å². The van der Waals surface area contributed by atoms with Gasteiger partial charge in [-0.25, -0.2) is 9.36 Å². The third kappa shape index (κ3) is 4.67. The first-order valence-corrected chi connectivity index (χ1v) is 10.2. The summed E-state index contributed by atoms with van der Waals surface area (Å²) < 4.78 is 16.5. The number of hydrogen-bond acceptors (Lipinski definition) is 7. The van der Waals surface area contributed by atoms with Gasteiger partial charge in [-0.2, -0.15) is 0 Å². The summed E-state index contributed by atoms with van der Waals surface area (Å²) in [6.07, 6.45) is 0.613. The topological polar surface area (TPSA) is 117 Å². The van der Waals surface area contributed by atoms with E-state index < -0.39 is 17.8 Å². The molecular formula is C22H21ClN2O7. The number of benzene rings is 1. The molecule has 1 aromatic carbocycles. The average molecular weight is 461 g/mol. The number of ketones is 1. The summed E-state index contributed by atoms with van der Waals surface area (Å²) in [5, 5.41) is 3.45. The molecule has 0 aliphatic carbocycles. The minimum atomic E-state index is -0.813. The molecule has 0 spiro atoms. The van der Waals surface area contributed by atoms with Gasteiger partial charge >= 0.3 is 12.1 Å². The molecule has 9 nitrogen and oxygen atoms in total. The second-order valence-electron chi connectivity index (χ2n) is 6.75. The van der Waals surface area contributed by atoms with Crippen LogP contribution in [0, 0.1) is 0 Å². The van der Waals surface area contributed by atoms with Crippen molar-refractivity contribution in [2.45, 2.75) is 33.8 Å². The van der Waals surface area contributed by atoms with Gasteiger partial charge in [0.25, 0.3) is 0 Å². The maximum Gasteiger partial charge on any atom is 0.419 e. The third-order valence-corrected chi connectivity index (χ3v) is 4.74. The van der Waals surface area contributed by atoms with E-state index in [1.807, 2.05) is 0 Å². The van der Waals surface area contributed by atoms with Gasteiger partial charge in [0.1, 0.15) is 12.3 Å². The number of ether oxygens (including phenoxy) is 2. The maximum atomic E-state index is 13.5. The van der Waals surface area contributed by atoms with Crippen molar-refractivity contribution in [2.24, 2.45) is 0 Å². The quantitative estimate of drug-likeness (QED) is 0.406. The Kier molecular flexibility index (Phi) is 6.99. The summed E-state index contributed by atoms with van der Waals surface area (Å²) in [6, 6.07) is 6.08. The van der Waals surface area contributed by atoms with Crippen LogP contribution in [-0.2, 0) is 25.7 Å². The molecule has 0 saturated carbocycles. The molecule has 0 aliphatic rings. The third-order valence-electron chi connectivity index (χ3n) is 4.50. The zero-order valence-corrected chi connectivity index (χ0v) is 18.4. The summed E-state index contributed by atoms with van der Waals surface area (Å²) in [7, 11) is 0. The number of nitrogens with zero attached hydrogens (tertiary/aromatic N) is 1. The van der Waals surface area contributed by atoms with Gasteiger partial charge in [-0.1, -0.05) is 18.5 Å². The number of rotatable bonds is 7. The molecule has 3 rings (SSSR count). The molecule has 0 unspecified atom stereocenters. The minimum Gasteiger partial charge on any atom is -0.461 e. The first-order chi connectivity index (χ1) is 15.3. The van der Waals surface area contributed by atoms with Gasteiger partial charge in [-0.3, -0.25) is 14.4 Å². The van der Waals surface area contributed by atoms with E-state index in [2.05, 4.69) is 5.32 Å². The Balaban J connectivity index is 2.20. The molecule has 0 fully saturated rings. The highest BCUT2D eigenvalue weighted by molar-refractivity contribution is 6.32. The van der Waals surface area contributed by atoms with Gasteiger partial charge < -0.3 is 19.2 Å². The fraction of sp³-hybridized carbons (Fsp3) is 0.273. The van der Waals surface area contributed by atoms with Crippen LogP contribution in [0.1, 0.15) is 49.0 Å². The number of halogens is 1. The number of esters is 1. The molecule has 1 N–H and O–H groups in total. The molecule has 0 aliphatic heterocycles. The SMILES string of the molecule is CCOC(=O)n1c(C(=O)c2cc(COC(C)=O)co2)c(NC(=O)CC)c2ccc(Cl)cc21. The van der Waals surface area contributed by atoms with Crippen LogP contribution in [-0.4, -0.2) is 34.9 Å². The predicted molar refractivity (Wildman–Crippen MR) is 116 cm³/mol. The van der Waals surface area contributed by atoms with Crippen molar-refractivity contribution in [3.8, 4) is 0 Å². The molecule has 0 saturated heterocycles. The zero-order valence-electron chi connectivity index (χ0n) is 17.7. The Morgan fingerprint density at radius 2 is 1.88 bits per heavy atom. The molecule has 3 aromatic rings. The molecule has 0 bridgehead atoms. The molecule has 2 aromatic heterocycles. The Morgan fingerprint density at radius 3 is 2.53 bits per heavy atom. The van der Waals surface area contributed by atoms with Gasteiger partial charge in [-0.05, 0) is 31.2 Å². The Bertz CT molecular complexity index is 1210. The number of carbonyl (C=O) groups excluding carboxylic acids is 4. The smallest absolute Gasteiger partial charge is 0.419 e. The van der Waals surface area contributed by atoms with Crippen LogP contribution in [0.25, 0.3) is 10.9 Å². The van der Waals surface area contributed by atoms with Crippen LogP contribution >= 0.6 is 11.6 Å². The second kappa shape index (κ2) is 9.69. The van der Waals surface area contributed by atoms with Crippen molar-refractivity contribution in [3.63, 3.8) is 0 Å². The molecule has 1 amide bonds. The van der Waals surface area contributed by atoms with Crippen LogP contribution in [0.5, 0.6) is 0 Å². The molecule has 0 atom stereocenters. The number of anilines is 1. The van der Waals surface area contributed by atoms with E-state index in [4.69, 9.17) is 25.5 Å². The van der Waals surface area contributed by atoms with E-state index in [0.29, 0.717) is 16.0 Å². The Labute approximate surface area is 188 Å². The van der Waals surface area contributed by atoms with Crippen molar-refractivity contribution in [1.82, 2.24) is 4.57 Å². The highest BCUT2D eigenvalue weighted by Crippen LogP contribution is 2.35. The van der Waals surface area contributed by atoms with Crippen molar-refractivity contribution in [3.05, 3.63) is 52.6 Å². The summed E-state index contributed by atoms with van der Waals surface area (Å²) in [5.41, 5.74) is 0.734. The molecule has 10 heteroatoms. The fourth-order valence-corrected chi connectivity index (χ4v) is 3.25. The van der Waals surface area contributed by atoms with E-state index >= 15 is 0 Å². The lowest BCUT2D eigenvalue weighted by molar-refractivity contribution is -0.142. The van der Waals surface area contributed by atoms with E-state index in [9.17, 15) is 19.2 Å². The predicted octanol–water partition coefficient (Wildman–Crippen LogP) is 4.53. The summed E-state index contributed by atoms with van der Waals surface area (Å²) >= 11 is 6.13. The summed E-state index contributed by atoms with van der Waals surface area (Å²) in [4.78, 5) is 49.5. The summed E-state index contributed by atoms with van der Waals surface area (Å²) in [5.74, 6) is -1.63. The van der Waals surface area contributed by atoms with Gasteiger partial charge in [-0.15, -0.1) is 0 Å². The number of hydrogen-bond donors (Lipinski definition) is 1. The van der Waals surface area contributed by atoms with Gasteiger partial charge in [0, 0.05) is 29.3 Å². The van der Waals surface area contributed by atoms with Crippen LogP contribution in [0.4, 0.5) is 10.5 Å². The average Bonchev–Trinajstić information content (AvgIpc) is 3.34. The van der Waals surface area contributed by atoms with Crippen molar-refractivity contribution in [2.75, 3.05) is 11.9 Å². The molecule has 32 heavy (non-hydrogen) atoms. The van der Waals surface area contributed by atoms with E-state index in [1.54, 1.807) is 26.0 Å². The monoisotopic (exact) mass is 460 g/mol. The molecule has 2 heterocycles. The largest absolute Gasteiger partial charge is 0.461 e. The second-order valence-corrected chi connectivity index (χ2v) is 7.19. The number of aromatic nitrogens is 1. The lowest BCUT2D eigenvalue weighted by Crippen LogP contribution is -2.21. The molecule has 0 radical (unpaired) electrons. The van der Waals surface area contributed by atoms with E-state index in [-0.39, 0.29) is 48.2 Å². The van der Waals surface area contributed by atoms with Gasteiger partial charge in [0.05, 0.1) is 24.1 Å². The van der Waals surface area contributed by atoms with E-state index in [1.165, 1.54) is 25.3 Å². The summed E-state index contributed by atoms with van der Waals surface area (Å²) in [6.45, 7) is 4.54. The Morgan fingerprint density at radius 1 is 1.12 bits per heavy atom. The first-order valence-electron chi connectivity index (χ1n) is 9.83. The van der Waals surface area contributed by atoms with Crippen LogP contribution in [0.3, 0.4) is 0 Å². The lowest BCUT2D eigenvalue weighted by Gasteiger charge is -2.09. The highest BCUT2D eigenvalue weighted by Gasteiger charge is 2.30. The van der Waals surface area contributed by atoms with Crippen molar-refractivity contribution >= 4 is 51.9 Å². The number of fused-ring (bicyclic) bond motifs is 1. The van der Waals surface area contributed by atoms with Gasteiger partial charge in [0.2, 0.25) is 11.7 Å². The molecule has 168 valence electrons. The van der Waals surface area contributed by atoms with Gasteiger partial charge in [0.15, 0.2) is 5.76 Å². The fourth-order valence-electron chi connectivity index (χ4n) is 3.08. The minimum absolute atomic E-state index is 0.0661. The zero-order chi connectivity index (χ0) is 23.4. The van der Waals surface area contributed by atoms with Crippen LogP contribution in [0.15, 0.2) is 34.9 Å². The number of carbonyl (C=O) groups is 4. The number of furan rings is 1. The van der Waals surface area contributed by atoms with Crippen molar-refractivity contribution < 1.29 is 33.1 Å². The first kappa shape index (κ1) is 23.1. The van der Waals surface area contributed by atoms with E-state index in [0.717, 1.165) is 4.57 Å². The normalized spacial score (nSPS) is 10.8. The number of amides is 1. The van der Waals surface area contributed by atoms with Crippen LogP contribution < -0.4 is 5.32 Å². The Hall–Kier alpha value is -3.59. The highest BCUT2D eigenvalue weighted by atomic mass is 35.5. The molecular weight excluding hydrogens is 440 g/mol. The van der Waals surface area contributed by atoms with Crippen LogP contribution in [0.2, 0.25) is 5.02 Å².